The Balaban J connectivity index is 1.45. The van der Waals surface area contributed by atoms with Gasteiger partial charge in [0.1, 0.15) is 5.52 Å². The molecule has 6 nitrogen and oxygen atoms in total. The Morgan fingerprint density at radius 3 is 2.59 bits per heavy atom. The summed E-state index contributed by atoms with van der Waals surface area (Å²) < 4.78 is 1.66. The van der Waals surface area contributed by atoms with E-state index in [2.05, 4.69) is 39.7 Å². The molecule has 0 saturated carbocycles. The molecule has 0 bridgehead atoms. The molecule has 6 heteroatoms. The van der Waals surface area contributed by atoms with Crippen LogP contribution in [0.3, 0.4) is 0 Å². The lowest BCUT2D eigenvalue weighted by atomic mass is 10.0. The van der Waals surface area contributed by atoms with E-state index in [9.17, 15) is 4.79 Å². The van der Waals surface area contributed by atoms with Gasteiger partial charge in [0.15, 0.2) is 5.65 Å². The van der Waals surface area contributed by atoms with Gasteiger partial charge in [-0.15, -0.1) is 5.10 Å². The SMILES string of the molecule is CC(CNC(=O)c1ccc(-n2nnc3cccnc32)cc1)c1ccccc1. The summed E-state index contributed by atoms with van der Waals surface area (Å²) >= 11 is 0. The molecule has 0 saturated heterocycles. The van der Waals surface area contributed by atoms with Gasteiger partial charge >= 0.3 is 0 Å². The number of hydrogen-bond acceptors (Lipinski definition) is 4. The maximum absolute atomic E-state index is 12.4. The Hall–Kier alpha value is -3.54. The number of aromatic nitrogens is 4. The number of pyridine rings is 1. The maximum atomic E-state index is 12.4. The molecule has 4 rings (SSSR count). The summed E-state index contributed by atoms with van der Waals surface area (Å²) in [4.78, 5) is 16.7. The number of carbonyl (C=O) groups excluding carboxylic acids is 1. The lowest BCUT2D eigenvalue weighted by molar-refractivity contribution is 0.0951. The lowest BCUT2D eigenvalue weighted by Crippen LogP contribution is -2.27. The number of hydrogen-bond donors (Lipinski definition) is 1. The van der Waals surface area contributed by atoms with Crippen LogP contribution in [0.15, 0.2) is 72.9 Å². The summed E-state index contributed by atoms with van der Waals surface area (Å²) in [5.74, 6) is 0.160. The van der Waals surface area contributed by atoms with E-state index in [4.69, 9.17) is 0 Å². The minimum Gasteiger partial charge on any atom is -0.351 e. The van der Waals surface area contributed by atoms with E-state index in [1.54, 1.807) is 23.0 Å². The molecule has 4 aromatic rings. The number of fused-ring (bicyclic) bond motifs is 1. The number of nitrogens with zero attached hydrogens (tertiary/aromatic N) is 4. The Morgan fingerprint density at radius 1 is 1.04 bits per heavy atom. The second-order valence-electron chi connectivity index (χ2n) is 6.42. The zero-order chi connectivity index (χ0) is 18.6. The highest BCUT2D eigenvalue weighted by Gasteiger charge is 2.11. The fourth-order valence-electron chi connectivity index (χ4n) is 2.94. The van der Waals surface area contributed by atoms with Gasteiger partial charge in [-0.2, -0.15) is 4.68 Å². The monoisotopic (exact) mass is 357 g/mol. The predicted octanol–water partition coefficient (Wildman–Crippen LogP) is 3.35. The fourth-order valence-corrected chi connectivity index (χ4v) is 2.94. The summed E-state index contributed by atoms with van der Waals surface area (Å²) in [6.45, 7) is 2.68. The van der Waals surface area contributed by atoms with Crippen LogP contribution in [0.2, 0.25) is 0 Å². The van der Waals surface area contributed by atoms with Crippen LogP contribution in [0.25, 0.3) is 16.9 Å². The fraction of sp³-hybridized carbons (Fsp3) is 0.143. The molecule has 0 aliphatic heterocycles. The van der Waals surface area contributed by atoms with E-state index in [0.717, 1.165) is 11.2 Å². The van der Waals surface area contributed by atoms with E-state index in [1.807, 2.05) is 42.5 Å². The molecule has 1 unspecified atom stereocenters. The average Bonchev–Trinajstić information content (AvgIpc) is 3.16. The zero-order valence-corrected chi connectivity index (χ0v) is 14.9. The number of rotatable bonds is 5. The van der Waals surface area contributed by atoms with Crippen LogP contribution in [-0.2, 0) is 0 Å². The van der Waals surface area contributed by atoms with Crippen molar-refractivity contribution in [1.29, 1.82) is 0 Å². The maximum Gasteiger partial charge on any atom is 0.251 e. The Morgan fingerprint density at radius 2 is 1.81 bits per heavy atom. The molecule has 0 spiro atoms. The largest absolute Gasteiger partial charge is 0.351 e. The van der Waals surface area contributed by atoms with Crippen molar-refractivity contribution in [3.8, 4) is 5.69 Å². The average molecular weight is 357 g/mol. The van der Waals surface area contributed by atoms with Crippen molar-refractivity contribution >= 4 is 17.1 Å². The van der Waals surface area contributed by atoms with E-state index in [-0.39, 0.29) is 11.8 Å². The second-order valence-corrected chi connectivity index (χ2v) is 6.42. The smallest absolute Gasteiger partial charge is 0.251 e. The van der Waals surface area contributed by atoms with Crippen LogP contribution in [0.1, 0.15) is 28.8 Å². The lowest BCUT2D eigenvalue weighted by Gasteiger charge is -2.13. The van der Waals surface area contributed by atoms with Crippen LogP contribution >= 0.6 is 0 Å². The van der Waals surface area contributed by atoms with Gasteiger partial charge in [0.2, 0.25) is 0 Å². The van der Waals surface area contributed by atoms with E-state index < -0.39 is 0 Å². The van der Waals surface area contributed by atoms with Crippen LogP contribution in [0.4, 0.5) is 0 Å². The van der Waals surface area contributed by atoms with Crippen molar-refractivity contribution in [2.24, 2.45) is 0 Å². The second kappa shape index (κ2) is 7.37. The predicted molar refractivity (Wildman–Crippen MR) is 104 cm³/mol. The highest BCUT2D eigenvalue weighted by Crippen LogP contribution is 2.16. The van der Waals surface area contributed by atoms with Gasteiger partial charge in [-0.05, 0) is 47.9 Å². The Bertz CT molecular complexity index is 1060. The van der Waals surface area contributed by atoms with Gasteiger partial charge in [-0.3, -0.25) is 4.79 Å². The summed E-state index contributed by atoms with van der Waals surface area (Å²) in [6, 6.07) is 21.1. The molecule has 0 radical (unpaired) electrons. The Labute approximate surface area is 156 Å². The van der Waals surface area contributed by atoms with Crippen molar-refractivity contribution in [3.63, 3.8) is 0 Å². The third kappa shape index (κ3) is 3.55. The molecule has 0 fully saturated rings. The highest BCUT2D eigenvalue weighted by atomic mass is 16.1. The van der Waals surface area contributed by atoms with Crippen molar-refractivity contribution in [2.45, 2.75) is 12.8 Å². The molecule has 27 heavy (non-hydrogen) atoms. The number of nitrogens with one attached hydrogen (secondary N) is 1. The zero-order valence-electron chi connectivity index (χ0n) is 14.9. The first-order valence-corrected chi connectivity index (χ1v) is 8.82. The van der Waals surface area contributed by atoms with Crippen molar-refractivity contribution in [1.82, 2.24) is 25.3 Å². The summed E-state index contributed by atoms with van der Waals surface area (Å²) in [5.41, 5.74) is 4.04. The molecular formula is C21H19N5O. The van der Waals surface area contributed by atoms with Crippen molar-refractivity contribution < 1.29 is 4.79 Å². The first-order valence-electron chi connectivity index (χ1n) is 8.82. The molecule has 2 aromatic carbocycles. The minimum absolute atomic E-state index is 0.0918. The molecule has 1 atom stereocenters. The summed E-state index contributed by atoms with van der Waals surface area (Å²) in [5, 5.41) is 11.2. The quantitative estimate of drug-likeness (QED) is 0.594. The third-order valence-electron chi connectivity index (χ3n) is 4.52. The van der Waals surface area contributed by atoms with Gasteiger partial charge in [0.25, 0.3) is 5.91 Å². The molecular weight excluding hydrogens is 338 g/mol. The third-order valence-corrected chi connectivity index (χ3v) is 4.52. The standard InChI is InChI=1S/C21H19N5O/c1-15(16-6-3-2-4-7-16)14-23-21(27)17-9-11-18(12-10-17)26-20-19(24-25-26)8-5-13-22-20/h2-13,15H,14H2,1H3,(H,23,27). The van der Waals surface area contributed by atoms with Crippen molar-refractivity contribution in [3.05, 3.63) is 84.1 Å². The molecule has 134 valence electrons. The highest BCUT2D eigenvalue weighted by molar-refractivity contribution is 5.94. The molecule has 1 N–H and O–H groups in total. The van der Waals surface area contributed by atoms with Gasteiger partial charge in [-0.1, -0.05) is 42.5 Å². The van der Waals surface area contributed by atoms with Crippen LogP contribution in [0.5, 0.6) is 0 Å². The summed E-state index contributed by atoms with van der Waals surface area (Å²) in [6.07, 6.45) is 1.71. The minimum atomic E-state index is -0.0918. The van der Waals surface area contributed by atoms with Gasteiger partial charge < -0.3 is 5.32 Å². The van der Waals surface area contributed by atoms with Crippen LogP contribution in [-0.4, -0.2) is 32.4 Å². The summed E-state index contributed by atoms with van der Waals surface area (Å²) in [7, 11) is 0. The Kier molecular flexibility index (Phi) is 4.61. The van der Waals surface area contributed by atoms with Crippen LogP contribution in [0, 0.1) is 0 Å². The number of benzene rings is 2. The molecule has 2 heterocycles. The molecule has 0 aliphatic rings. The molecule has 1 amide bonds. The number of carbonyl (C=O) groups is 1. The number of amides is 1. The van der Waals surface area contributed by atoms with E-state index in [1.165, 1.54) is 5.56 Å². The molecule has 0 aliphatic carbocycles. The van der Waals surface area contributed by atoms with Crippen molar-refractivity contribution in [2.75, 3.05) is 6.54 Å². The van der Waals surface area contributed by atoms with E-state index in [0.29, 0.717) is 17.8 Å². The molecule has 2 aromatic heterocycles. The van der Waals surface area contributed by atoms with Gasteiger partial charge in [-0.25, -0.2) is 4.98 Å². The van der Waals surface area contributed by atoms with Gasteiger partial charge in [0, 0.05) is 18.3 Å². The topological polar surface area (TPSA) is 72.7 Å². The van der Waals surface area contributed by atoms with Gasteiger partial charge in [0.05, 0.1) is 5.69 Å². The normalized spacial score (nSPS) is 12.0. The first kappa shape index (κ1) is 16.9. The van der Waals surface area contributed by atoms with E-state index >= 15 is 0 Å². The van der Waals surface area contributed by atoms with Crippen LogP contribution < -0.4 is 5.32 Å². The first-order chi connectivity index (χ1) is 13.2.